The van der Waals surface area contributed by atoms with Crippen molar-refractivity contribution in [1.82, 2.24) is 24.9 Å². The smallest absolute Gasteiger partial charge is 0.225 e. The molecule has 3 aromatic rings. The maximum Gasteiger partial charge on any atom is 0.225 e. The van der Waals surface area contributed by atoms with Crippen molar-refractivity contribution in [3.8, 4) is 11.4 Å². The van der Waals surface area contributed by atoms with Crippen molar-refractivity contribution in [2.45, 2.75) is 25.7 Å². The third kappa shape index (κ3) is 3.33. The van der Waals surface area contributed by atoms with Gasteiger partial charge in [-0.1, -0.05) is 6.07 Å². The third-order valence-electron chi connectivity index (χ3n) is 4.68. The molecule has 0 spiro atoms. The van der Waals surface area contributed by atoms with Crippen molar-refractivity contribution in [3.63, 3.8) is 0 Å². The minimum absolute atomic E-state index is 0.514. The van der Waals surface area contributed by atoms with Crippen LogP contribution in [0.5, 0.6) is 0 Å². The van der Waals surface area contributed by atoms with Gasteiger partial charge in [-0.05, 0) is 37.5 Å². The van der Waals surface area contributed by atoms with E-state index in [1.807, 2.05) is 18.3 Å². The molecule has 0 aromatic carbocycles. The van der Waals surface area contributed by atoms with Crippen LogP contribution >= 0.6 is 0 Å². The standard InChI is InChI=1S/C19H20N6/c1-14-3-2-7-22-18(14)15-5-11-25(12-6-15)19-23-8-4-16(24-19)17-13-20-9-10-21-17/h2-4,7-10,13,15H,5-6,11-12H2,1H3. The van der Waals surface area contributed by atoms with E-state index in [0.29, 0.717) is 5.92 Å². The van der Waals surface area contributed by atoms with Crippen molar-refractivity contribution in [3.05, 3.63) is 60.4 Å². The number of aromatic nitrogens is 5. The van der Waals surface area contributed by atoms with Crippen LogP contribution in [0.4, 0.5) is 5.95 Å². The number of piperidine rings is 1. The molecule has 0 saturated carbocycles. The lowest BCUT2D eigenvalue weighted by Crippen LogP contribution is -2.34. The first-order chi connectivity index (χ1) is 12.3. The van der Waals surface area contributed by atoms with Gasteiger partial charge in [0.05, 0.1) is 11.9 Å². The Balaban J connectivity index is 1.49. The molecular formula is C19H20N6. The fourth-order valence-electron chi connectivity index (χ4n) is 3.35. The highest BCUT2D eigenvalue weighted by Gasteiger charge is 2.24. The van der Waals surface area contributed by atoms with E-state index in [1.165, 1.54) is 11.3 Å². The number of hydrogen-bond acceptors (Lipinski definition) is 6. The van der Waals surface area contributed by atoms with Crippen LogP contribution < -0.4 is 4.90 Å². The molecule has 1 aliphatic heterocycles. The molecule has 1 saturated heterocycles. The maximum atomic E-state index is 4.68. The summed E-state index contributed by atoms with van der Waals surface area (Å²) in [6, 6.07) is 6.01. The van der Waals surface area contributed by atoms with Crippen molar-refractivity contribution in [1.29, 1.82) is 0 Å². The van der Waals surface area contributed by atoms with E-state index in [1.54, 1.807) is 24.8 Å². The van der Waals surface area contributed by atoms with Crippen LogP contribution in [0.2, 0.25) is 0 Å². The van der Waals surface area contributed by atoms with E-state index >= 15 is 0 Å². The molecule has 0 unspecified atom stereocenters. The van der Waals surface area contributed by atoms with Crippen LogP contribution in [0.25, 0.3) is 11.4 Å². The fraction of sp³-hybridized carbons (Fsp3) is 0.316. The third-order valence-corrected chi connectivity index (χ3v) is 4.68. The van der Waals surface area contributed by atoms with Crippen molar-refractivity contribution < 1.29 is 0 Å². The molecule has 6 nitrogen and oxygen atoms in total. The van der Waals surface area contributed by atoms with Crippen LogP contribution in [0.15, 0.2) is 49.2 Å². The Bertz CT molecular complexity index is 843. The molecule has 4 heterocycles. The van der Waals surface area contributed by atoms with Gasteiger partial charge in [-0.15, -0.1) is 0 Å². The van der Waals surface area contributed by atoms with E-state index in [9.17, 15) is 0 Å². The molecule has 0 aliphatic carbocycles. The summed E-state index contributed by atoms with van der Waals surface area (Å²) in [7, 11) is 0. The second-order valence-electron chi connectivity index (χ2n) is 6.30. The monoisotopic (exact) mass is 332 g/mol. The lowest BCUT2D eigenvalue weighted by molar-refractivity contribution is 0.489. The Labute approximate surface area is 147 Å². The molecule has 3 aromatic heterocycles. The van der Waals surface area contributed by atoms with Crippen LogP contribution in [0.3, 0.4) is 0 Å². The Morgan fingerprint density at radius 3 is 2.56 bits per heavy atom. The highest BCUT2D eigenvalue weighted by atomic mass is 15.3. The first kappa shape index (κ1) is 15.6. The molecular weight excluding hydrogens is 312 g/mol. The minimum atomic E-state index is 0.514. The summed E-state index contributed by atoms with van der Waals surface area (Å²) in [6.07, 6.45) is 10.9. The van der Waals surface area contributed by atoms with Gasteiger partial charge in [0.15, 0.2) is 0 Å². The molecule has 0 N–H and O–H groups in total. The Kier molecular flexibility index (Phi) is 4.33. The average Bonchev–Trinajstić information content (AvgIpc) is 2.69. The topological polar surface area (TPSA) is 67.7 Å². The molecule has 1 aliphatic rings. The van der Waals surface area contributed by atoms with Gasteiger partial charge in [-0.25, -0.2) is 9.97 Å². The summed E-state index contributed by atoms with van der Waals surface area (Å²) in [6.45, 7) is 4.01. The number of hydrogen-bond donors (Lipinski definition) is 0. The molecule has 0 bridgehead atoms. The van der Waals surface area contributed by atoms with Gasteiger partial charge >= 0.3 is 0 Å². The van der Waals surface area contributed by atoms with E-state index in [-0.39, 0.29) is 0 Å². The highest BCUT2D eigenvalue weighted by Crippen LogP contribution is 2.30. The Hall–Kier alpha value is -2.89. The number of aryl methyl sites for hydroxylation is 1. The maximum absolute atomic E-state index is 4.68. The number of rotatable bonds is 3. The first-order valence-electron chi connectivity index (χ1n) is 8.57. The quantitative estimate of drug-likeness (QED) is 0.734. The molecule has 0 radical (unpaired) electrons. The molecule has 1 fully saturated rings. The van der Waals surface area contributed by atoms with E-state index in [0.717, 1.165) is 43.3 Å². The number of anilines is 1. The van der Waals surface area contributed by atoms with Crippen LogP contribution in [-0.4, -0.2) is 38.0 Å². The van der Waals surface area contributed by atoms with Gasteiger partial charge in [0.25, 0.3) is 0 Å². The summed E-state index contributed by atoms with van der Waals surface area (Å²) in [5.74, 6) is 1.28. The largest absolute Gasteiger partial charge is 0.341 e. The summed E-state index contributed by atoms with van der Waals surface area (Å²) in [5.41, 5.74) is 4.09. The highest BCUT2D eigenvalue weighted by molar-refractivity contribution is 5.54. The minimum Gasteiger partial charge on any atom is -0.341 e. The summed E-state index contributed by atoms with van der Waals surface area (Å²) in [5, 5.41) is 0. The van der Waals surface area contributed by atoms with Crippen molar-refractivity contribution in [2.75, 3.05) is 18.0 Å². The predicted octanol–water partition coefficient (Wildman–Crippen LogP) is 3.02. The lowest BCUT2D eigenvalue weighted by Gasteiger charge is -2.32. The van der Waals surface area contributed by atoms with Gasteiger partial charge in [-0.3, -0.25) is 15.0 Å². The first-order valence-corrected chi connectivity index (χ1v) is 8.57. The SMILES string of the molecule is Cc1cccnc1C1CCN(c2nccc(-c3cnccn3)n2)CC1. The fourth-order valence-corrected chi connectivity index (χ4v) is 3.35. The number of nitrogens with zero attached hydrogens (tertiary/aromatic N) is 6. The molecule has 126 valence electrons. The molecule has 0 atom stereocenters. The molecule has 4 rings (SSSR count). The zero-order valence-corrected chi connectivity index (χ0v) is 14.2. The van der Waals surface area contributed by atoms with Gasteiger partial charge in [0.2, 0.25) is 5.95 Å². The van der Waals surface area contributed by atoms with E-state index < -0.39 is 0 Å². The summed E-state index contributed by atoms with van der Waals surface area (Å²) < 4.78 is 0. The zero-order chi connectivity index (χ0) is 17.1. The molecule has 25 heavy (non-hydrogen) atoms. The van der Waals surface area contributed by atoms with Crippen molar-refractivity contribution in [2.24, 2.45) is 0 Å². The van der Waals surface area contributed by atoms with E-state index in [4.69, 9.17) is 0 Å². The van der Waals surface area contributed by atoms with Crippen LogP contribution in [0.1, 0.15) is 30.0 Å². The number of pyridine rings is 1. The average molecular weight is 332 g/mol. The second-order valence-corrected chi connectivity index (χ2v) is 6.30. The molecule has 6 heteroatoms. The second kappa shape index (κ2) is 6.93. The van der Waals surface area contributed by atoms with Crippen LogP contribution in [0, 0.1) is 6.92 Å². The molecule has 0 amide bonds. The van der Waals surface area contributed by atoms with Gasteiger partial charge in [0, 0.05) is 49.5 Å². The predicted molar refractivity (Wildman–Crippen MR) is 96.2 cm³/mol. The Morgan fingerprint density at radius 1 is 0.920 bits per heavy atom. The Morgan fingerprint density at radius 2 is 1.80 bits per heavy atom. The summed E-state index contributed by atoms with van der Waals surface area (Å²) >= 11 is 0. The van der Waals surface area contributed by atoms with Crippen molar-refractivity contribution >= 4 is 5.95 Å². The lowest BCUT2D eigenvalue weighted by atomic mass is 9.91. The van der Waals surface area contributed by atoms with E-state index in [2.05, 4.69) is 42.8 Å². The normalized spacial score (nSPS) is 15.3. The van der Waals surface area contributed by atoms with Gasteiger partial charge in [-0.2, -0.15) is 0 Å². The van der Waals surface area contributed by atoms with Gasteiger partial charge in [0.1, 0.15) is 5.69 Å². The van der Waals surface area contributed by atoms with Gasteiger partial charge < -0.3 is 4.90 Å². The zero-order valence-electron chi connectivity index (χ0n) is 14.2. The van der Waals surface area contributed by atoms with Crippen LogP contribution in [-0.2, 0) is 0 Å². The summed E-state index contributed by atoms with van der Waals surface area (Å²) in [4.78, 5) is 24.4.